The number of amides is 1. The number of nitrogens with zero attached hydrogens (tertiary/aromatic N) is 2. The minimum absolute atomic E-state index is 0.00917. The summed E-state index contributed by atoms with van der Waals surface area (Å²) in [4.78, 5) is 13.2. The van der Waals surface area contributed by atoms with Crippen LogP contribution in [0, 0.1) is 5.82 Å². The number of piperazine rings is 1. The summed E-state index contributed by atoms with van der Waals surface area (Å²) in [6, 6.07) is 7.70. The molecular weight excluding hydrogens is 462 g/mol. The van der Waals surface area contributed by atoms with E-state index < -0.39 is 44.9 Å². The molecule has 180 valence electrons. The molecule has 1 heterocycles. The molecule has 6 nitrogen and oxygen atoms in total. The lowest BCUT2D eigenvalue weighted by atomic mass is 9.84. The second kappa shape index (κ2) is 8.60. The van der Waals surface area contributed by atoms with Crippen LogP contribution < -0.4 is 10.6 Å². The van der Waals surface area contributed by atoms with Crippen molar-refractivity contribution in [3.8, 4) is 0 Å². The summed E-state index contributed by atoms with van der Waals surface area (Å²) in [5, 5.41) is 0. The molecule has 0 bridgehead atoms. The van der Waals surface area contributed by atoms with Crippen LogP contribution in [0.1, 0.15) is 31.9 Å². The lowest BCUT2D eigenvalue weighted by Gasteiger charge is -2.41. The number of benzene rings is 2. The zero-order valence-electron chi connectivity index (χ0n) is 18.4. The highest BCUT2D eigenvalue weighted by Crippen LogP contribution is 2.38. The van der Waals surface area contributed by atoms with Crippen molar-refractivity contribution in [1.29, 1.82) is 0 Å². The topological polar surface area (TPSA) is 83.7 Å². The van der Waals surface area contributed by atoms with Crippen molar-refractivity contribution >= 4 is 21.6 Å². The van der Waals surface area contributed by atoms with Crippen LogP contribution in [0.4, 0.5) is 23.2 Å². The Kier molecular flexibility index (Phi) is 6.51. The lowest BCUT2D eigenvalue weighted by molar-refractivity contribution is -0.137. The van der Waals surface area contributed by atoms with Gasteiger partial charge in [0.25, 0.3) is 0 Å². The molecule has 3 rings (SSSR count). The highest BCUT2D eigenvalue weighted by Gasteiger charge is 2.39. The van der Waals surface area contributed by atoms with Crippen LogP contribution in [-0.4, -0.2) is 44.3 Å². The fraction of sp³-hybridized carbons (Fsp3) is 0.409. The molecule has 1 atom stereocenters. The smallest absolute Gasteiger partial charge is 0.369 e. The SMILES string of the molecule is C[C@@H]1CN(c2ccc(F)cc2C(F)(F)F)CCN1S(=O)(=O)c1cccc(C(C)(C)C(N)=O)c1. The van der Waals surface area contributed by atoms with E-state index in [1.165, 1.54) is 27.4 Å². The van der Waals surface area contributed by atoms with E-state index in [9.17, 15) is 30.8 Å². The number of alkyl halides is 3. The van der Waals surface area contributed by atoms with Gasteiger partial charge in [0.1, 0.15) is 5.82 Å². The number of carbonyl (C=O) groups is 1. The number of primary amides is 1. The van der Waals surface area contributed by atoms with Crippen LogP contribution in [0.3, 0.4) is 0 Å². The third kappa shape index (κ3) is 4.84. The number of nitrogens with two attached hydrogens (primary N) is 1. The molecule has 0 spiro atoms. The van der Waals surface area contributed by atoms with E-state index in [2.05, 4.69) is 0 Å². The summed E-state index contributed by atoms with van der Waals surface area (Å²) in [7, 11) is -4.00. The average Bonchev–Trinajstić information content (AvgIpc) is 2.72. The fourth-order valence-corrected chi connectivity index (χ4v) is 5.51. The first-order valence-electron chi connectivity index (χ1n) is 10.2. The minimum atomic E-state index is -4.75. The highest BCUT2D eigenvalue weighted by atomic mass is 32.2. The molecular formula is C22H25F4N3O3S. The van der Waals surface area contributed by atoms with Gasteiger partial charge in [0, 0.05) is 31.4 Å². The van der Waals surface area contributed by atoms with E-state index in [-0.39, 0.29) is 30.2 Å². The standard InChI is InChI=1S/C22H25F4N3O3S/c1-14-13-28(19-8-7-16(23)12-18(19)22(24,25)26)9-10-29(14)33(31,32)17-6-4-5-15(11-17)21(2,3)20(27)30/h4-8,11-12,14H,9-10,13H2,1-3H3,(H2,27,30)/t14-/m1/s1. The number of hydrogen-bond acceptors (Lipinski definition) is 4. The van der Waals surface area contributed by atoms with Gasteiger partial charge in [-0.2, -0.15) is 17.5 Å². The van der Waals surface area contributed by atoms with E-state index in [0.717, 1.165) is 12.1 Å². The number of halogens is 4. The Balaban J connectivity index is 1.89. The molecule has 2 aromatic rings. The zero-order valence-corrected chi connectivity index (χ0v) is 19.2. The van der Waals surface area contributed by atoms with Crippen LogP contribution in [0.5, 0.6) is 0 Å². The predicted octanol–water partition coefficient (Wildman–Crippen LogP) is 3.51. The van der Waals surface area contributed by atoms with Gasteiger partial charge >= 0.3 is 6.18 Å². The van der Waals surface area contributed by atoms with Crippen LogP contribution in [0.15, 0.2) is 47.4 Å². The zero-order chi connectivity index (χ0) is 24.8. The van der Waals surface area contributed by atoms with Gasteiger partial charge in [0.2, 0.25) is 15.9 Å². The second-order valence-electron chi connectivity index (χ2n) is 8.59. The first-order valence-corrected chi connectivity index (χ1v) is 11.6. The second-order valence-corrected chi connectivity index (χ2v) is 10.5. The number of sulfonamides is 1. The van der Waals surface area contributed by atoms with Crippen molar-refractivity contribution < 1.29 is 30.8 Å². The van der Waals surface area contributed by atoms with Gasteiger partial charge in [-0.3, -0.25) is 4.79 Å². The molecule has 1 aliphatic rings. The minimum Gasteiger partial charge on any atom is -0.369 e. The maximum Gasteiger partial charge on any atom is 0.418 e. The predicted molar refractivity (Wildman–Crippen MR) is 116 cm³/mol. The van der Waals surface area contributed by atoms with Crippen molar-refractivity contribution in [1.82, 2.24) is 4.31 Å². The first-order chi connectivity index (χ1) is 15.2. The van der Waals surface area contributed by atoms with E-state index in [1.54, 1.807) is 26.8 Å². The molecule has 0 saturated carbocycles. The van der Waals surface area contributed by atoms with Gasteiger partial charge in [-0.15, -0.1) is 0 Å². The van der Waals surface area contributed by atoms with Gasteiger partial charge in [-0.25, -0.2) is 12.8 Å². The van der Waals surface area contributed by atoms with E-state index in [1.807, 2.05) is 0 Å². The van der Waals surface area contributed by atoms with Crippen molar-refractivity contribution in [3.63, 3.8) is 0 Å². The Hall–Kier alpha value is -2.66. The molecule has 0 aromatic heterocycles. The van der Waals surface area contributed by atoms with E-state index in [4.69, 9.17) is 5.73 Å². The molecule has 0 radical (unpaired) electrons. The van der Waals surface area contributed by atoms with Gasteiger partial charge in [0.15, 0.2) is 0 Å². The third-order valence-corrected chi connectivity index (χ3v) is 7.96. The summed E-state index contributed by atoms with van der Waals surface area (Å²) < 4.78 is 81.6. The van der Waals surface area contributed by atoms with Crippen LogP contribution in [0.25, 0.3) is 0 Å². The quantitative estimate of drug-likeness (QED) is 0.655. The van der Waals surface area contributed by atoms with Crippen molar-refractivity contribution in [3.05, 3.63) is 59.4 Å². The Morgan fingerprint density at radius 1 is 1.09 bits per heavy atom. The largest absolute Gasteiger partial charge is 0.418 e. The average molecular weight is 488 g/mol. The molecule has 1 amide bonds. The van der Waals surface area contributed by atoms with E-state index in [0.29, 0.717) is 11.6 Å². The number of anilines is 1. The maximum absolute atomic E-state index is 13.5. The molecule has 11 heteroatoms. The number of rotatable bonds is 5. The lowest BCUT2D eigenvalue weighted by Crippen LogP contribution is -2.54. The summed E-state index contributed by atoms with van der Waals surface area (Å²) in [6.07, 6.45) is -4.75. The molecule has 0 unspecified atom stereocenters. The molecule has 0 aliphatic carbocycles. The van der Waals surface area contributed by atoms with Gasteiger partial charge in [-0.1, -0.05) is 12.1 Å². The molecule has 2 aromatic carbocycles. The molecule has 1 aliphatic heterocycles. The van der Waals surface area contributed by atoms with Crippen LogP contribution >= 0.6 is 0 Å². The molecule has 2 N–H and O–H groups in total. The normalized spacial score (nSPS) is 18.4. The Morgan fingerprint density at radius 3 is 2.33 bits per heavy atom. The Morgan fingerprint density at radius 2 is 1.76 bits per heavy atom. The molecule has 1 fully saturated rings. The fourth-order valence-electron chi connectivity index (χ4n) is 3.85. The monoisotopic (exact) mass is 487 g/mol. The Bertz CT molecular complexity index is 1170. The highest BCUT2D eigenvalue weighted by molar-refractivity contribution is 7.89. The summed E-state index contributed by atoms with van der Waals surface area (Å²) in [5.74, 6) is -1.61. The van der Waals surface area contributed by atoms with Gasteiger partial charge in [0.05, 0.1) is 15.9 Å². The van der Waals surface area contributed by atoms with Gasteiger partial charge in [-0.05, 0) is 56.7 Å². The maximum atomic E-state index is 13.5. The molecule has 1 saturated heterocycles. The van der Waals surface area contributed by atoms with Crippen molar-refractivity contribution in [2.45, 2.75) is 43.3 Å². The van der Waals surface area contributed by atoms with Crippen molar-refractivity contribution in [2.24, 2.45) is 5.73 Å². The van der Waals surface area contributed by atoms with E-state index >= 15 is 0 Å². The summed E-state index contributed by atoms with van der Waals surface area (Å²) in [6.45, 7) is 4.68. The van der Waals surface area contributed by atoms with Crippen molar-refractivity contribution in [2.75, 3.05) is 24.5 Å². The van der Waals surface area contributed by atoms with Crippen LogP contribution in [-0.2, 0) is 26.4 Å². The third-order valence-electron chi connectivity index (χ3n) is 5.95. The summed E-state index contributed by atoms with van der Waals surface area (Å²) in [5.41, 5.74) is 3.48. The van der Waals surface area contributed by atoms with Crippen LogP contribution in [0.2, 0.25) is 0 Å². The number of carbonyl (C=O) groups excluding carboxylic acids is 1. The first kappa shape index (κ1) is 25.0. The Labute approximate surface area is 190 Å². The molecule has 33 heavy (non-hydrogen) atoms. The number of hydrogen-bond donors (Lipinski definition) is 1. The van der Waals surface area contributed by atoms with Gasteiger partial charge < -0.3 is 10.6 Å². The summed E-state index contributed by atoms with van der Waals surface area (Å²) >= 11 is 0.